The lowest BCUT2D eigenvalue weighted by Gasteiger charge is -2.30. The topological polar surface area (TPSA) is 66.5 Å². The number of aliphatic hydroxyl groups is 2. The van der Waals surface area contributed by atoms with E-state index < -0.39 is 11.6 Å². The molecule has 3 nitrogen and oxygen atoms in total. The summed E-state index contributed by atoms with van der Waals surface area (Å²) in [7, 11) is 0. The highest BCUT2D eigenvalue weighted by Gasteiger charge is 2.30. The molecule has 23 heavy (non-hydrogen) atoms. The van der Waals surface area contributed by atoms with Crippen LogP contribution in [0.3, 0.4) is 0 Å². The molecule has 0 heterocycles. The smallest absolute Gasteiger partial charge is 0.122 e. The zero-order valence-electron chi connectivity index (χ0n) is 13.0. The summed E-state index contributed by atoms with van der Waals surface area (Å²) >= 11 is 6.12. The van der Waals surface area contributed by atoms with Crippen molar-refractivity contribution >= 4 is 33.1 Å². The fourth-order valence-electron chi connectivity index (χ4n) is 2.94. The number of fused-ring (bicyclic) bond motifs is 2. The second-order valence-corrected chi connectivity index (χ2v) is 6.63. The number of hydrogen-bond acceptors (Lipinski definition) is 3. The van der Waals surface area contributed by atoms with Gasteiger partial charge in [-0.25, -0.2) is 0 Å². The highest BCUT2D eigenvalue weighted by Crippen LogP contribution is 2.33. The van der Waals surface area contributed by atoms with Gasteiger partial charge in [0.25, 0.3) is 0 Å². The predicted octanol–water partition coefficient (Wildman–Crippen LogP) is 3.46. The molecule has 2 atom stereocenters. The minimum absolute atomic E-state index is 0.165. The predicted molar refractivity (Wildman–Crippen MR) is 95.6 cm³/mol. The summed E-state index contributed by atoms with van der Waals surface area (Å²) in [6.07, 6.45) is 0.258. The molecule has 0 saturated heterocycles. The molecule has 0 aliphatic heterocycles. The van der Waals surface area contributed by atoms with Crippen LogP contribution in [0.25, 0.3) is 21.5 Å². The van der Waals surface area contributed by atoms with Crippen LogP contribution in [0.4, 0.5) is 0 Å². The Hall–Kier alpha value is -1.65. The van der Waals surface area contributed by atoms with E-state index >= 15 is 0 Å². The molecule has 0 fully saturated rings. The van der Waals surface area contributed by atoms with E-state index in [1.807, 2.05) is 42.5 Å². The Balaban J connectivity index is 2.26. The van der Waals surface area contributed by atoms with Gasteiger partial charge in [0.05, 0.1) is 0 Å². The van der Waals surface area contributed by atoms with E-state index in [4.69, 9.17) is 17.3 Å². The third-order valence-corrected chi connectivity index (χ3v) is 4.76. The van der Waals surface area contributed by atoms with Gasteiger partial charge in [-0.05, 0) is 45.3 Å². The van der Waals surface area contributed by atoms with Crippen molar-refractivity contribution in [2.24, 2.45) is 11.7 Å². The quantitative estimate of drug-likeness (QED) is 0.507. The molecule has 120 valence electrons. The van der Waals surface area contributed by atoms with E-state index in [1.54, 1.807) is 6.92 Å². The molecule has 0 aromatic heterocycles. The second kappa shape index (κ2) is 6.10. The van der Waals surface area contributed by atoms with Gasteiger partial charge in [-0.3, -0.25) is 0 Å². The Morgan fingerprint density at radius 3 is 2.52 bits per heavy atom. The van der Waals surface area contributed by atoms with Crippen molar-refractivity contribution < 1.29 is 10.2 Å². The van der Waals surface area contributed by atoms with Crippen molar-refractivity contribution in [3.8, 4) is 0 Å². The number of nitrogens with two attached hydrogens (primary N) is 1. The first-order valence-electron chi connectivity index (χ1n) is 7.64. The van der Waals surface area contributed by atoms with Crippen LogP contribution < -0.4 is 5.73 Å². The van der Waals surface area contributed by atoms with Crippen molar-refractivity contribution in [3.05, 3.63) is 59.1 Å². The van der Waals surface area contributed by atoms with E-state index in [0.717, 1.165) is 27.1 Å². The summed E-state index contributed by atoms with van der Waals surface area (Å²) in [5.74, 6) is -0.427. The molecule has 0 bridgehead atoms. The molecule has 0 saturated carbocycles. The van der Waals surface area contributed by atoms with Gasteiger partial charge in [-0.2, -0.15) is 0 Å². The lowest BCUT2D eigenvalue weighted by molar-refractivity contribution is -0.0261. The average molecular weight is 330 g/mol. The first-order valence-corrected chi connectivity index (χ1v) is 8.02. The van der Waals surface area contributed by atoms with Crippen LogP contribution in [0.2, 0.25) is 5.02 Å². The molecular weight excluding hydrogens is 310 g/mol. The van der Waals surface area contributed by atoms with Crippen molar-refractivity contribution in [2.45, 2.75) is 19.1 Å². The minimum atomic E-state index is -1.48. The average Bonchev–Trinajstić information content (AvgIpc) is 2.53. The molecule has 4 heteroatoms. The monoisotopic (exact) mass is 329 g/mol. The molecule has 0 aliphatic carbocycles. The van der Waals surface area contributed by atoms with Gasteiger partial charge in [0.1, 0.15) is 5.72 Å². The maximum atomic E-state index is 10.6. The maximum Gasteiger partial charge on any atom is 0.122 e. The maximum absolute atomic E-state index is 10.6. The number of benzene rings is 3. The number of halogens is 1. The Labute approximate surface area is 140 Å². The van der Waals surface area contributed by atoms with Crippen LogP contribution in [0, 0.1) is 5.92 Å². The second-order valence-electron chi connectivity index (χ2n) is 6.19. The highest BCUT2D eigenvalue weighted by atomic mass is 35.5. The summed E-state index contributed by atoms with van der Waals surface area (Å²) in [6, 6.07) is 15.8. The number of hydrogen-bond donors (Lipinski definition) is 3. The molecule has 0 aliphatic rings. The Morgan fingerprint density at radius 2 is 1.78 bits per heavy atom. The van der Waals surface area contributed by atoms with E-state index in [9.17, 15) is 10.2 Å². The van der Waals surface area contributed by atoms with Gasteiger partial charge in [-0.15, -0.1) is 0 Å². The lowest BCUT2D eigenvalue weighted by atomic mass is 9.87. The van der Waals surface area contributed by atoms with E-state index in [1.165, 1.54) is 0 Å². The Kier molecular flexibility index (Phi) is 4.30. The standard InChI is InChI=1S/C19H20ClNO2/c1-12(11-22)19(21,23)10-18-16-5-3-2-4-13(16)8-14-9-15(20)6-7-17(14)18/h2-9,12,22-23H,10-11,21H2,1H3. The summed E-state index contributed by atoms with van der Waals surface area (Å²) in [5, 5.41) is 24.8. The highest BCUT2D eigenvalue weighted by molar-refractivity contribution is 6.31. The van der Waals surface area contributed by atoms with Gasteiger partial charge in [0, 0.05) is 24.0 Å². The van der Waals surface area contributed by atoms with Gasteiger partial charge in [-0.1, -0.05) is 48.9 Å². The largest absolute Gasteiger partial charge is 0.396 e. The molecule has 3 rings (SSSR count). The summed E-state index contributed by atoms with van der Waals surface area (Å²) in [6.45, 7) is 1.58. The van der Waals surface area contributed by atoms with Crippen LogP contribution in [0.15, 0.2) is 48.5 Å². The molecule has 0 spiro atoms. The molecule has 4 N–H and O–H groups in total. The minimum Gasteiger partial charge on any atom is -0.396 e. The fraction of sp³-hybridized carbons (Fsp3) is 0.263. The van der Waals surface area contributed by atoms with Gasteiger partial charge in [0.15, 0.2) is 0 Å². The molecule has 2 unspecified atom stereocenters. The summed E-state index contributed by atoms with van der Waals surface area (Å²) in [5.41, 5.74) is 5.58. The third kappa shape index (κ3) is 3.06. The molecule has 0 amide bonds. The molecule has 3 aromatic rings. The molecule has 0 radical (unpaired) electrons. The van der Waals surface area contributed by atoms with E-state index in [0.29, 0.717) is 5.02 Å². The van der Waals surface area contributed by atoms with Crippen molar-refractivity contribution in [3.63, 3.8) is 0 Å². The van der Waals surface area contributed by atoms with Crippen LogP contribution in [-0.2, 0) is 6.42 Å². The van der Waals surface area contributed by atoms with Gasteiger partial charge >= 0.3 is 0 Å². The molecule has 3 aromatic carbocycles. The van der Waals surface area contributed by atoms with Crippen molar-refractivity contribution in [1.29, 1.82) is 0 Å². The van der Waals surface area contributed by atoms with Crippen LogP contribution in [0.5, 0.6) is 0 Å². The van der Waals surface area contributed by atoms with Crippen molar-refractivity contribution in [1.82, 2.24) is 0 Å². The zero-order chi connectivity index (χ0) is 16.6. The van der Waals surface area contributed by atoms with Crippen LogP contribution in [-0.4, -0.2) is 22.5 Å². The third-order valence-electron chi connectivity index (χ3n) is 4.52. The van der Waals surface area contributed by atoms with Crippen LogP contribution >= 0.6 is 11.6 Å². The lowest BCUT2D eigenvalue weighted by Crippen LogP contribution is -2.49. The summed E-state index contributed by atoms with van der Waals surface area (Å²) < 4.78 is 0. The SMILES string of the molecule is CC(CO)C(N)(O)Cc1c2ccccc2cc2cc(Cl)ccc12. The van der Waals surface area contributed by atoms with Crippen LogP contribution in [0.1, 0.15) is 12.5 Å². The first kappa shape index (κ1) is 16.2. The van der Waals surface area contributed by atoms with Crippen molar-refractivity contribution in [2.75, 3.05) is 6.61 Å². The van der Waals surface area contributed by atoms with Gasteiger partial charge < -0.3 is 15.9 Å². The Morgan fingerprint density at radius 1 is 1.09 bits per heavy atom. The molecular formula is C19H20ClNO2. The fourth-order valence-corrected chi connectivity index (χ4v) is 3.12. The van der Waals surface area contributed by atoms with E-state index in [-0.39, 0.29) is 13.0 Å². The first-order chi connectivity index (χ1) is 10.9. The van der Waals surface area contributed by atoms with E-state index in [2.05, 4.69) is 6.07 Å². The number of rotatable bonds is 4. The zero-order valence-corrected chi connectivity index (χ0v) is 13.7. The Bertz CT molecular complexity index is 860. The summed E-state index contributed by atoms with van der Waals surface area (Å²) in [4.78, 5) is 0. The normalized spacial score (nSPS) is 15.7. The number of aliphatic hydroxyl groups excluding tert-OH is 1. The van der Waals surface area contributed by atoms with Gasteiger partial charge in [0.2, 0.25) is 0 Å².